The van der Waals surface area contributed by atoms with Crippen LogP contribution in [0.1, 0.15) is 11.3 Å². The molecule has 0 aliphatic rings. The smallest absolute Gasteiger partial charge is 0.199 e. The quantitative estimate of drug-likeness (QED) is 0.484. The van der Waals surface area contributed by atoms with Gasteiger partial charge < -0.3 is 15.8 Å². The molecule has 0 amide bonds. The van der Waals surface area contributed by atoms with Gasteiger partial charge in [-0.25, -0.2) is 4.63 Å². The SMILES string of the molecule is N=C(Nc1ccc(OCc2ccccc2)c(Cl)c1)c1nonc1N. The summed E-state index contributed by atoms with van der Waals surface area (Å²) in [6, 6.07) is 14.9. The highest BCUT2D eigenvalue weighted by atomic mass is 35.5. The fourth-order valence-electron chi connectivity index (χ4n) is 2.00. The van der Waals surface area contributed by atoms with Crippen LogP contribution in [0.2, 0.25) is 5.02 Å². The van der Waals surface area contributed by atoms with Crippen LogP contribution in [0.3, 0.4) is 0 Å². The van der Waals surface area contributed by atoms with E-state index in [1.54, 1.807) is 18.2 Å². The summed E-state index contributed by atoms with van der Waals surface area (Å²) in [5, 5.41) is 18.2. The number of hydrogen-bond donors (Lipinski definition) is 3. The molecule has 7 nitrogen and oxygen atoms in total. The van der Waals surface area contributed by atoms with Crippen LogP contribution in [-0.4, -0.2) is 16.1 Å². The first-order valence-electron chi connectivity index (χ1n) is 7.04. The minimum atomic E-state index is -0.0391. The van der Waals surface area contributed by atoms with Gasteiger partial charge in [0.2, 0.25) is 0 Å². The third-order valence-electron chi connectivity index (χ3n) is 3.19. The Morgan fingerprint density at radius 2 is 2.00 bits per heavy atom. The molecule has 122 valence electrons. The molecule has 2 aromatic carbocycles. The first-order chi connectivity index (χ1) is 11.6. The fraction of sp³-hybridized carbons (Fsp3) is 0.0625. The fourth-order valence-corrected chi connectivity index (χ4v) is 2.24. The van der Waals surface area contributed by atoms with Crippen LogP contribution in [0, 0.1) is 5.41 Å². The Labute approximate surface area is 142 Å². The molecule has 4 N–H and O–H groups in total. The molecule has 0 atom stereocenters. The monoisotopic (exact) mass is 343 g/mol. The highest BCUT2D eigenvalue weighted by Crippen LogP contribution is 2.28. The molecule has 1 heterocycles. The predicted octanol–water partition coefficient (Wildman–Crippen LogP) is 3.32. The first-order valence-corrected chi connectivity index (χ1v) is 7.41. The molecule has 0 saturated heterocycles. The number of amidine groups is 1. The number of nitrogens with zero attached hydrogens (tertiary/aromatic N) is 2. The minimum Gasteiger partial charge on any atom is -0.487 e. The molecule has 3 rings (SSSR count). The van der Waals surface area contributed by atoms with Crippen molar-refractivity contribution in [2.45, 2.75) is 6.61 Å². The zero-order valence-electron chi connectivity index (χ0n) is 12.5. The Morgan fingerprint density at radius 1 is 1.21 bits per heavy atom. The van der Waals surface area contributed by atoms with Gasteiger partial charge >= 0.3 is 0 Å². The molecular formula is C16H14ClN5O2. The van der Waals surface area contributed by atoms with E-state index in [4.69, 9.17) is 27.5 Å². The van der Waals surface area contributed by atoms with E-state index in [1.165, 1.54) is 0 Å². The van der Waals surface area contributed by atoms with Crippen LogP contribution in [0.4, 0.5) is 11.5 Å². The van der Waals surface area contributed by atoms with Crippen LogP contribution >= 0.6 is 11.6 Å². The highest BCUT2D eigenvalue weighted by molar-refractivity contribution is 6.32. The van der Waals surface area contributed by atoms with Crippen molar-refractivity contribution in [2.75, 3.05) is 11.1 Å². The normalized spacial score (nSPS) is 10.4. The molecule has 0 unspecified atom stereocenters. The van der Waals surface area contributed by atoms with Crippen LogP contribution < -0.4 is 15.8 Å². The highest BCUT2D eigenvalue weighted by Gasteiger charge is 2.13. The van der Waals surface area contributed by atoms with Crippen LogP contribution in [0.15, 0.2) is 53.2 Å². The maximum Gasteiger partial charge on any atom is 0.199 e. The summed E-state index contributed by atoms with van der Waals surface area (Å²) >= 11 is 6.23. The number of ether oxygens (including phenoxy) is 1. The number of nitrogens with one attached hydrogen (secondary N) is 2. The van der Waals surface area contributed by atoms with Crippen molar-refractivity contribution in [3.63, 3.8) is 0 Å². The summed E-state index contributed by atoms with van der Waals surface area (Å²) in [4.78, 5) is 0. The number of nitrogen functional groups attached to an aromatic ring is 1. The Morgan fingerprint density at radius 3 is 2.67 bits per heavy atom. The third kappa shape index (κ3) is 3.64. The third-order valence-corrected chi connectivity index (χ3v) is 3.48. The van der Waals surface area contributed by atoms with Gasteiger partial charge in [-0.1, -0.05) is 41.9 Å². The molecule has 3 aromatic rings. The van der Waals surface area contributed by atoms with E-state index in [-0.39, 0.29) is 17.3 Å². The van der Waals surface area contributed by atoms with E-state index in [9.17, 15) is 0 Å². The molecule has 0 aliphatic heterocycles. The van der Waals surface area contributed by atoms with Crippen molar-refractivity contribution in [3.05, 3.63) is 64.8 Å². The second-order valence-electron chi connectivity index (χ2n) is 4.92. The summed E-state index contributed by atoms with van der Waals surface area (Å²) in [5.41, 5.74) is 7.33. The Hall–Kier alpha value is -3.06. The second kappa shape index (κ2) is 7.01. The average molecular weight is 344 g/mol. The lowest BCUT2D eigenvalue weighted by molar-refractivity contribution is 0.306. The van der Waals surface area contributed by atoms with Gasteiger partial charge in [0.15, 0.2) is 17.3 Å². The lowest BCUT2D eigenvalue weighted by Gasteiger charge is -2.11. The number of nitrogens with two attached hydrogens (primary N) is 1. The van der Waals surface area contributed by atoms with Gasteiger partial charge in [0.1, 0.15) is 12.4 Å². The van der Waals surface area contributed by atoms with E-state index in [1.807, 2.05) is 30.3 Å². The number of anilines is 2. The topological polar surface area (TPSA) is 110 Å². The molecule has 0 spiro atoms. The summed E-state index contributed by atoms with van der Waals surface area (Å²) in [6.07, 6.45) is 0. The van der Waals surface area contributed by atoms with Crippen LogP contribution in [-0.2, 0) is 6.61 Å². The maximum absolute atomic E-state index is 7.91. The maximum atomic E-state index is 7.91. The van der Waals surface area contributed by atoms with Gasteiger partial charge in [0.05, 0.1) is 5.02 Å². The minimum absolute atomic E-state index is 0.0391. The van der Waals surface area contributed by atoms with Gasteiger partial charge in [0, 0.05) is 5.69 Å². The summed E-state index contributed by atoms with van der Waals surface area (Å²) in [6.45, 7) is 0.421. The molecule has 0 bridgehead atoms. The van der Waals surface area contributed by atoms with Crippen molar-refractivity contribution in [2.24, 2.45) is 0 Å². The number of rotatable bonds is 5. The Bertz CT molecular complexity index is 851. The van der Waals surface area contributed by atoms with Crippen molar-refractivity contribution < 1.29 is 9.37 Å². The van der Waals surface area contributed by atoms with Gasteiger partial charge in [0.25, 0.3) is 0 Å². The Balaban J connectivity index is 1.66. The standard InChI is InChI=1S/C16H14ClN5O2/c17-12-8-11(20-15(18)14-16(19)22-24-21-14)6-7-13(12)23-9-10-4-2-1-3-5-10/h1-8H,9H2,(H2,18,20)(H2,19,22). The largest absolute Gasteiger partial charge is 0.487 e. The molecule has 0 fully saturated rings. The van der Waals surface area contributed by atoms with E-state index in [2.05, 4.69) is 20.3 Å². The second-order valence-corrected chi connectivity index (χ2v) is 5.32. The van der Waals surface area contributed by atoms with E-state index in [0.29, 0.717) is 23.1 Å². The first kappa shape index (κ1) is 15.8. The molecule has 0 aliphatic carbocycles. The van der Waals surface area contributed by atoms with Gasteiger partial charge in [-0.3, -0.25) is 5.41 Å². The van der Waals surface area contributed by atoms with Crippen LogP contribution in [0.25, 0.3) is 0 Å². The Kier molecular flexibility index (Phi) is 4.62. The summed E-state index contributed by atoms with van der Waals surface area (Å²) < 4.78 is 10.2. The van der Waals surface area contributed by atoms with Crippen molar-refractivity contribution in [3.8, 4) is 5.75 Å². The molecule has 1 aromatic heterocycles. The zero-order valence-corrected chi connectivity index (χ0v) is 13.2. The van der Waals surface area contributed by atoms with Gasteiger partial charge in [-0.2, -0.15) is 0 Å². The number of hydrogen-bond acceptors (Lipinski definition) is 6. The van der Waals surface area contributed by atoms with Crippen molar-refractivity contribution in [1.82, 2.24) is 10.3 Å². The molecule has 0 radical (unpaired) electrons. The number of halogens is 1. The summed E-state index contributed by atoms with van der Waals surface area (Å²) in [7, 11) is 0. The molecule has 8 heteroatoms. The average Bonchev–Trinajstić information content (AvgIpc) is 3.01. The lowest BCUT2D eigenvalue weighted by Crippen LogP contribution is -2.14. The number of aromatic nitrogens is 2. The number of benzene rings is 2. The molecule has 24 heavy (non-hydrogen) atoms. The van der Waals surface area contributed by atoms with Gasteiger partial charge in [-0.05, 0) is 34.1 Å². The van der Waals surface area contributed by atoms with Crippen LogP contribution in [0.5, 0.6) is 5.75 Å². The molecule has 0 saturated carbocycles. The van der Waals surface area contributed by atoms with E-state index in [0.717, 1.165) is 5.56 Å². The zero-order chi connectivity index (χ0) is 16.9. The summed E-state index contributed by atoms with van der Waals surface area (Å²) in [5.74, 6) is 0.560. The predicted molar refractivity (Wildman–Crippen MR) is 91.4 cm³/mol. The molecular weight excluding hydrogens is 330 g/mol. The van der Waals surface area contributed by atoms with Crippen molar-refractivity contribution in [1.29, 1.82) is 5.41 Å². The lowest BCUT2D eigenvalue weighted by atomic mass is 10.2. The van der Waals surface area contributed by atoms with Crippen molar-refractivity contribution >= 4 is 28.9 Å². The van der Waals surface area contributed by atoms with E-state index < -0.39 is 0 Å². The van der Waals surface area contributed by atoms with E-state index >= 15 is 0 Å². The van der Waals surface area contributed by atoms with Gasteiger partial charge in [-0.15, -0.1) is 0 Å².